The third-order valence-corrected chi connectivity index (χ3v) is 4.32. The Labute approximate surface area is 158 Å². The van der Waals surface area contributed by atoms with Gasteiger partial charge in [0, 0.05) is 24.2 Å². The van der Waals surface area contributed by atoms with Gasteiger partial charge >= 0.3 is 0 Å². The minimum absolute atomic E-state index is 0. The first-order valence-corrected chi connectivity index (χ1v) is 8.12. The molecule has 0 aliphatic heterocycles. The number of benzene rings is 1. The number of halogens is 2. The number of hydrogen-bond donors (Lipinski definition) is 2. The van der Waals surface area contributed by atoms with Gasteiger partial charge in [-0.3, -0.25) is 0 Å². The SMILES string of the molecule is CNC[C@@H](O)[C@H](c1ccccc1)n1ccc2cc(OC)nc(Cl)c21.Cl. The Balaban J connectivity index is 0.00000225. The van der Waals surface area contributed by atoms with E-state index in [0.717, 1.165) is 16.5 Å². The Morgan fingerprint density at radius 3 is 2.64 bits per heavy atom. The van der Waals surface area contributed by atoms with Crippen molar-refractivity contribution in [2.24, 2.45) is 0 Å². The van der Waals surface area contributed by atoms with Crippen LogP contribution in [0.2, 0.25) is 5.15 Å². The summed E-state index contributed by atoms with van der Waals surface area (Å²) in [6.07, 6.45) is 1.31. The van der Waals surface area contributed by atoms with Gasteiger partial charge in [-0.2, -0.15) is 4.98 Å². The summed E-state index contributed by atoms with van der Waals surface area (Å²) in [7, 11) is 3.38. The largest absolute Gasteiger partial charge is 0.481 e. The van der Waals surface area contributed by atoms with Gasteiger partial charge in [-0.15, -0.1) is 12.4 Å². The minimum atomic E-state index is -0.619. The second-order valence-corrected chi connectivity index (χ2v) is 5.95. The predicted octanol–water partition coefficient (Wildman–Crippen LogP) is 3.29. The first kappa shape index (κ1) is 19.5. The Morgan fingerprint density at radius 2 is 2.00 bits per heavy atom. The van der Waals surface area contributed by atoms with Crippen LogP contribution in [-0.2, 0) is 0 Å². The molecule has 2 aromatic heterocycles. The summed E-state index contributed by atoms with van der Waals surface area (Å²) in [4.78, 5) is 4.26. The molecule has 2 heterocycles. The number of nitrogens with zero attached hydrogens (tertiary/aromatic N) is 2. The summed E-state index contributed by atoms with van der Waals surface area (Å²) in [5.41, 5.74) is 1.78. The van der Waals surface area contributed by atoms with Crippen molar-refractivity contribution in [3.05, 3.63) is 59.4 Å². The summed E-state index contributed by atoms with van der Waals surface area (Å²) in [6.45, 7) is 0.459. The smallest absolute Gasteiger partial charge is 0.215 e. The number of aliphatic hydroxyl groups excluding tert-OH is 1. The van der Waals surface area contributed by atoms with Gasteiger partial charge < -0.3 is 19.7 Å². The van der Waals surface area contributed by atoms with E-state index in [0.29, 0.717) is 17.6 Å². The van der Waals surface area contributed by atoms with E-state index in [4.69, 9.17) is 16.3 Å². The standard InChI is InChI=1S/C18H20ClN3O2.ClH/c1-20-11-14(23)16(12-6-4-3-5-7-12)22-9-8-13-10-15(24-2)21-18(19)17(13)22;/h3-10,14,16,20,23H,11H2,1-2H3;1H/t14-,16+;/m1./s1. The minimum Gasteiger partial charge on any atom is -0.481 e. The van der Waals surface area contributed by atoms with Crippen LogP contribution >= 0.6 is 24.0 Å². The zero-order valence-electron chi connectivity index (χ0n) is 14.0. The van der Waals surface area contributed by atoms with Gasteiger partial charge in [-0.05, 0) is 18.7 Å². The van der Waals surface area contributed by atoms with Gasteiger partial charge in [0.15, 0.2) is 5.15 Å². The van der Waals surface area contributed by atoms with E-state index >= 15 is 0 Å². The molecule has 3 aromatic rings. The number of nitrogens with one attached hydrogen (secondary N) is 1. The van der Waals surface area contributed by atoms with Crippen molar-refractivity contribution in [3.8, 4) is 5.88 Å². The van der Waals surface area contributed by atoms with Crippen LogP contribution in [0.5, 0.6) is 5.88 Å². The number of fused-ring (bicyclic) bond motifs is 1. The monoisotopic (exact) mass is 381 g/mol. The topological polar surface area (TPSA) is 59.3 Å². The second kappa shape index (κ2) is 8.54. The van der Waals surface area contributed by atoms with Crippen LogP contribution in [0.1, 0.15) is 11.6 Å². The molecular formula is C18H21Cl2N3O2. The van der Waals surface area contributed by atoms with Crippen molar-refractivity contribution in [1.82, 2.24) is 14.9 Å². The first-order chi connectivity index (χ1) is 11.7. The highest BCUT2D eigenvalue weighted by Gasteiger charge is 2.25. The highest BCUT2D eigenvalue weighted by Crippen LogP contribution is 2.32. The Kier molecular flexibility index (Phi) is 6.67. The maximum Gasteiger partial charge on any atom is 0.215 e. The van der Waals surface area contributed by atoms with E-state index in [9.17, 15) is 5.11 Å². The fraction of sp³-hybridized carbons (Fsp3) is 0.278. The third kappa shape index (κ3) is 3.90. The first-order valence-electron chi connectivity index (χ1n) is 7.74. The van der Waals surface area contributed by atoms with E-state index in [1.807, 2.05) is 60.3 Å². The lowest BCUT2D eigenvalue weighted by atomic mass is 10.0. The molecule has 0 fully saturated rings. The zero-order chi connectivity index (χ0) is 17.1. The van der Waals surface area contributed by atoms with Gasteiger partial charge in [0.2, 0.25) is 5.88 Å². The molecule has 0 saturated heterocycles. The summed E-state index contributed by atoms with van der Waals surface area (Å²) in [5.74, 6) is 0.470. The Morgan fingerprint density at radius 1 is 1.28 bits per heavy atom. The Hall–Kier alpha value is -1.79. The maximum atomic E-state index is 10.7. The molecule has 0 bridgehead atoms. The van der Waals surface area contributed by atoms with Gasteiger partial charge in [0.05, 0.1) is 24.8 Å². The predicted molar refractivity (Wildman–Crippen MR) is 103 cm³/mol. The fourth-order valence-corrected chi connectivity index (χ4v) is 3.29. The lowest BCUT2D eigenvalue weighted by molar-refractivity contribution is 0.132. The fourth-order valence-electron chi connectivity index (χ4n) is 3.00. The van der Waals surface area contributed by atoms with Gasteiger partial charge in [-0.1, -0.05) is 41.9 Å². The number of rotatable bonds is 6. The van der Waals surface area contributed by atoms with E-state index in [1.165, 1.54) is 0 Å². The van der Waals surface area contributed by atoms with Crippen molar-refractivity contribution in [3.63, 3.8) is 0 Å². The van der Waals surface area contributed by atoms with Crippen LogP contribution in [0.3, 0.4) is 0 Å². The van der Waals surface area contributed by atoms with Crippen LogP contribution in [0.25, 0.3) is 10.9 Å². The van der Waals surface area contributed by atoms with Crippen LogP contribution in [0, 0.1) is 0 Å². The number of aromatic nitrogens is 2. The van der Waals surface area contributed by atoms with Crippen LogP contribution < -0.4 is 10.1 Å². The lowest BCUT2D eigenvalue weighted by Crippen LogP contribution is -2.33. The molecule has 0 radical (unpaired) electrons. The van der Waals surface area contributed by atoms with Crippen molar-refractivity contribution in [2.75, 3.05) is 20.7 Å². The van der Waals surface area contributed by atoms with Crippen molar-refractivity contribution < 1.29 is 9.84 Å². The molecule has 5 nitrogen and oxygen atoms in total. The summed E-state index contributed by atoms with van der Waals surface area (Å²) >= 11 is 6.39. The molecule has 7 heteroatoms. The van der Waals surface area contributed by atoms with Crippen molar-refractivity contribution in [2.45, 2.75) is 12.1 Å². The summed E-state index contributed by atoms with van der Waals surface area (Å²) < 4.78 is 7.15. The van der Waals surface area contributed by atoms with Gasteiger partial charge in [0.1, 0.15) is 0 Å². The van der Waals surface area contributed by atoms with Gasteiger partial charge in [0.25, 0.3) is 0 Å². The molecule has 0 spiro atoms. The second-order valence-electron chi connectivity index (χ2n) is 5.60. The molecule has 0 aliphatic rings. The number of hydrogen-bond acceptors (Lipinski definition) is 4. The highest BCUT2D eigenvalue weighted by atomic mass is 35.5. The molecule has 3 rings (SSSR count). The normalized spacial score (nSPS) is 13.3. The molecule has 0 saturated carbocycles. The molecular weight excluding hydrogens is 361 g/mol. The molecule has 0 amide bonds. The molecule has 2 atom stereocenters. The van der Waals surface area contributed by atoms with E-state index < -0.39 is 6.10 Å². The summed E-state index contributed by atoms with van der Waals surface area (Å²) in [5, 5.41) is 15.0. The molecule has 134 valence electrons. The maximum absolute atomic E-state index is 10.7. The number of aliphatic hydroxyl groups is 1. The number of methoxy groups -OCH3 is 1. The molecule has 0 aliphatic carbocycles. The molecule has 1 aromatic carbocycles. The number of pyridine rings is 1. The number of likely N-dealkylation sites (N-methyl/N-ethyl adjacent to an activating group) is 1. The van der Waals surface area contributed by atoms with Crippen molar-refractivity contribution in [1.29, 1.82) is 0 Å². The number of ether oxygens (including phenoxy) is 1. The molecule has 25 heavy (non-hydrogen) atoms. The van der Waals surface area contributed by atoms with Gasteiger partial charge in [-0.25, -0.2) is 0 Å². The quantitative estimate of drug-likeness (QED) is 0.643. The zero-order valence-corrected chi connectivity index (χ0v) is 15.6. The van der Waals surface area contributed by atoms with E-state index in [2.05, 4.69) is 10.3 Å². The molecule has 0 unspecified atom stereocenters. The van der Waals surface area contributed by atoms with E-state index in [-0.39, 0.29) is 18.4 Å². The van der Waals surface area contributed by atoms with E-state index in [1.54, 1.807) is 7.11 Å². The third-order valence-electron chi connectivity index (χ3n) is 4.06. The average molecular weight is 382 g/mol. The average Bonchev–Trinajstić information content (AvgIpc) is 3.00. The lowest BCUT2D eigenvalue weighted by Gasteiger charge is -2.26. The highest BCUT2D eigenvalue weighted by molar-refractivity contribution is 6.34. The van der Waals surface area contributed by atoms with Crippen LogP contribution in [-0.4, -0.2) is 41.5 Å². The molecule has 2 N–H and O–H groups in total. The Bertz CT molecular complexity index is 824. The van der Waals surface area contributed by atoms with Crippen LogP contribution in [0.4, 0.5) is 0 Å². The van der Waals surface area contributed by atoms with Crippen molar-refractivity contribution >= 4 is 34.9 Å². The van der Waals surface area contributed by atoms with Crippen LogP contribution in [0.15, 0.2) is 48.7 Å². The summed E-state index contributed by atoms with van der Waals surface area (Å²) in [6, 6.07) is 13.4.